The van der Waals surface area contributed by atoms with Crippen molar-refractivity contribution in [2.75, 3.05) is 0 Å². The summed E-state index contributed by atoms with van der Waals surface area (Å²) < 4.78 is 0. The molecule has 0 saturated carbocycles. The number of thiophene rings is 1. The van der Waals surface area contributed by atoms with E-state index in [9.17, 15) is 4.79 Å². The van der Waals surface area contributed by atoms with Crippen LogP contribution in [-0.2, 0) is 11.4 Å². The van der Waals surface area contributed by atoms with Crippen LogP contribution in [0.2, 0.25) is 10.0 Å². The third kappa shape index (κ3) is 4.20. The molecule has 0 spiro atoms. The zero-order valence-corrected chi connectivity index (χ0v) is 13.3. The van der Waals surface area contributed by atoms with Gasteiger partial charge in [0.15, 0.2) is 6.61 Å². The Morgan fingerprint density at radius 2 is 2.10 bits per heavy atom. The van der Waals surface area contributed by atoms with Crippen LogP contribution in [0.1, 0.15) is 27.0 Å². The predicted molar refractivity (Wildman–Crippen MR) is 84.7 cm³/mol. The molecule has 2 aromatic rings. The smallest absolute Gasteiger partial charge is 0.345 e. The van der Waals surface area contributed by atoms with Gasteiger partial charge in [0.05, 0.1) is 10.7 Å². The van der Waals surface area contributed by atoms with Gasteiger partial charge in [-0.3, -0.25) is 0 Å². The number of carboxylic acids is 1. The van der Waals surface area contributed by atoms with Crippen LogP contribution in [0.25, 0.3) is 0 Å². The lowest BCUT2D eigenvalue weighted by atomic mass is 10.1. The van der Waals surface area contributed by atoms with Gasteiger partial charge in [-0.15, -0.1) is 11.3 Å². The van der Waals surface area contributed by atoms with Crippen LogP contribution in [0.15, 0.2) is 35.5 Å². The summed E-state index contributed by atoms with van der Waals surface area (Å²) >= 11 is 13.1. The molecule has 0 bridgehead atoms. The van der Waals surface area contributed by atoms with Crippen LogP contribution in [0.4, 0.5) is 0 Å². The Kier molecular flexibility index (Phi) is 5.22. The minimum absolute atomic E-state index is 0.209. The second-order valence-corrected chi connectivity index (χ2v) is 6.16. The highest BCUT2D eigenvalue weighted by atomic mass is 35.5. The molecule has 2 rings (SSSR count). The molecule has 0 atom stereocenters. The number of hydrogen-bond donors (Lipinski definition) is 1. The highest BCUT2D eigenvalue weighted by molar-refractivity contribution is 7.13. The molecule has 0 unspecified atom stereocenters. The maximum Gasteiger partial charge on any atom is 0.345 e. The summed E-state index contributed by atoms with van der Waals surface area (Å²) in [6.45, 7) is 1.98. The molecule has 1 aromatic heterocycles. The molecule has 0 aliphatic carbocycles. The number of carbonyl (C=O) groups is 1. The Morgan fingerprint density at radius 3 is 2.71 bits per heavy atom. The van der Waals surface area contributed by atoms with E-state index in [-0.39, 0.29) is 11.5 Å². The Labute approximate surface area is 135 Å². The molecule has 0 amide bonds. The number of aromatic carboxylic acids is 1. The molecule has 0 aliphatic rings. The number of oxime groups is 1. The van der Waals surface area contributed by atoms with E-state index in [1.165, 1.54) is 0 Å². The predicted octanol–water partition coefficient (Wildman–Crippen LogP) is 4.69. The van der Waals surface area contributed by atoms with E-state index in [1.807, 2.05) is 0 Å². The molecule has 4 nitrogen and oxygen atoms in total. The topological polar surface area (TPSA) is 58.9 Å². The fourth-order valence-electron chi connectivity index (χ4n) is 1.60. The highest BCUT2D eigenvalue weighted by Crippen LogP contribution is 2.22. The highest BCUT2D eigenvalue weighted by Gasteiger charge is 2.08. The molecule has 7 heteroatoms. The number of halogens is 2. The summed E-state index contributed by atoms with van der Waals surface area (Å²) in [5, 5.41) is 13.9. The van der Waals surface area contributed by atoms with Gasteiger partial charge < -0.3 is 9.94 Å². The summed E-state index contributed by atoms with van der Waals surface area (Å²) in [5.41, 5.74) is 1.35. The monoisotopic (exact) mass is 343 g/mol. The van der Waals surface area contributed by atoms with Crippen molar-refractivity contribution in [2.24, 2.45) is 5.16 Å². The molecule has 110 valence electrons. The lowest BCUT2D eigenvalue weighted by Gasteiger charge is -2.04. The van der Waals surface area contributed by atoms with E-state index in [0.717, 1.165) is 21.8 Å². The Morgan fingerprint density at radius 1 is 1.33 bits per heavy atom. The van der Waals surface area contributed by atoms with Crippen molar-refractivity contribution in [3.8, 4) is 0 Å². The first-order valence-corrected chi connectivity index (χ1v) is 7.48. The molecule has 0 radical (unpaired) electrons. The molecule has 1 N–H and O–H groups in total. The average Bonchev–Trinajstić information content (AvgIpc) is 2.87. The zero-order chi connectivity index (χ0) is 15.4. The summed E-state index contributed by atoms with van der Waals surface area (Å²) in [4.78, 5) is 17.0. The van der Waals surface area contributed by atoms with Gasteiger partial charge in [-0.05, 0) is 31.2 Å². The molecular formula is C14H11Cl2NO3S. The Bertz CT molecular complexity index is 697. The van der Waals surface area contributed by atoms with E-state index in [4.69, 9.17) is 33.1 Å². The van der Waals surface area contributed by atoms with E-state index < -0.39 is 5.97 Å². The van der Waals surface area contributed by atoms with E-state index >= 15 is 0 Å². The van der Waals surface area contributed by atoms with Crippen molar-refractivity contribution in [1.82, 2.24) is 0 Å². The first kappa shape index (κ1) is 15.8. The largest absolute Gasteiger partial charge is 0.477 e. The van der Waals surface area contributed by atoms with Crippen molar-refractivity contribution in [1.29, 1.82) is 0 Å². The Balaban J connectivity index is 2.01. The lowest BCUT2D eigenvalue weighted by molar-refractivity contribution is 0.0702. The summed E-state index contributed by atoms with van der Waals surface area (Å²) in [7, 11) is 0. The summed E-state index contributed by atoms with van der Waals surface area (Å²) in [6.07, 6.45) is 0. The molecule has 0 saturated heterocycles. The molecule has 1 aromatic carbocycles. The van der Waals surface area contributed by atoms with Gasteiger partial charge in [0, 0.05) is 15.5 Å². The van der Waals surface area contributed by atoms with Crippen molar-refractivity contribution >= 4 is 46.2 Å². The fraction of sp³-hybridized carbons (Fsp3) is 0.143. The second-order valence-electron chi connectivity index (χ2n) is 4.15. The van der Waals surface area contributed by atoms with Crippen LogP contribution in [0.5, 0.6) is 0 Å². The Hall–Kier alpha value is -1.56. The summed E-state index contributed by atoms with van der Waals surface area (Å²) in [5.74, 6) is -0.945. The minimum Gasteiger partial charge on any atom is -0.477 e. The third-order valence-electron chi connectivity index (χ3n) is 2.60. The van der Waals surface area contributed by atoms with Gasteiger partial charge in [-0.1, -0.05) is 34.4 Å². The lowest BCUT2D eigenvalue weighted by Crippen LogP contribution is -1.97. The van der Waals surface area contributed by atoms with Gasteiger partial charge in [0.25, 0.3) is 0 Å². The van der Waals surface area contributed by atoms with Crippen molar-refractivity contribution in [3.05, 3.63) is 55.7 Å². The first-order valence-electron chi connectivity index (χ1n) is 5.91. The van der Waals surface area contributed by atoms with Gasteiger partial charge >= 0.3 is 5.97 Å². The number of carboxylic acid groups (broad SMARTS) is 1. The molecule has 21 heavy (non-hydrogen) atoms. The molecular weight excluding hydrogens is 333 g/mol. The van der Waals surface area contributed by atoms with Gasteiger partial charge in [-0.2, -0.15) is 0 Å². The quantitative estimate of drug-likeness (QED) is 0.632. The molecule has 0 fully saturated rings. The standard InChI is InChI=1S/C14H11Cl2NO3S/c1-8(11-4-2-9(15)6-12(11)16)17-20-7-10-3-5-13(21-10)14(18)19/h2-6H,7H2,1H3,(H,18,19). The maximum absolute atomic E-state index is 10.8. The number of rotatable bonds is 5. The van der Waals surface area contributed by atoms with E-state index in [2.05, 4.69) is 5.16 Å². The average molecular weight is 344 g/mol. The van der Waals surface area contributed by atoms with Gasteiger partial charge in [0.1, 0.15) is 4.88 Å². The van der Waals surface area contributed by atoms with Gasteiger partial charge in [0.2, 0.25) is 0 Å². The zero-order valence-electron chi connectivity index (χ0n) is 11.0. The molecule has 0 aliphatic heterocycles. The summed E-state index contributed by atoms with van der Waals surface area (Å²) in [6, 6.07) is 8.36. The van der Waals surface area contributed by atoms with Crippen molar-refractivity contribution < 1.29 is 14.7 Å². The number of benzene rings is 1. The number of hydrogen-bond acceptors (Lipinski definition) is 4. The molecule has 1 heterocycles. The normalized spacial score (nSPS) is 11.5. The van der Waals surface area contributed by atoms with Crippen LogP contribution in [-0.4, -0.2) is 16.8 Å². The van der Waals surface area contributed by atoms with Crippen LogP contribution in [0, 0.1) is 0 Å². The minimum atomic E-state index is -0.945. The van der Waals surface area contributed by atoms with Crippen LogP contribution >= 0.6 is 34.5 Å². The fourth-order valence-corrected chi connectivity index (χ4v) is 2.89. The SMILES string of the molecule is CC(=NOCc1ccc(C(=O)O)s1)c1ccc(Cl)cc1Cl. The van der Waals surface area contributed by atoms with Crippen molar-refractivity contribution in [2.45, 2.75) is 13.5 Å². The number of nitrogens with zero attached hydrogens (tertiary/aromatic N) is 1. The van der Waals surface area contributed by atoms with Crippen LogP contribution < -0.4 is 0 Å². The maximum atomic E-state index is 10.8. The van der Waals surface area contributed by atoms with Gasteiger partial charge in [-0.25, -0.2) is 4.79 Å². The van der Waals surface area contributed by atoms with Crippen molar-refractivity contribution in [3.63, 3.8) is 0 Å². The third-order valence-corrected chi connectivity index (χ3v) is 4.20. The first-order chi connectivity index (χ1) is 9.97. The second kappa shape index (κ2) is 6.93. The van der Waals surface area contributed by atoms with E-state index in [0.29, 0.717) is 15.8 Å². The van der Waals surface area contributed by atoms with Crippen LogP contribution in [0.3, 0.4) is 0 Å². The van der Waals surface area contributed by atoms with E-state index in [1.54, 1.807) is 37.3 Å².